The summed E-state index contributed by atoms with van der Waals surface area (Å²) < 4.78 is 5.77. The van der Waals surface area contributed by atoms with Crippen LogP contribution in [-0.4, -0.2) is 15.0 Å². The lowest BCUT2D eigenvalue weighted by atomic mass is 10.1. The van der Waals surface area contributed by atoms with Crippen LogP contribution in [0, 0.1) is 0 Å². The summed E-state index contributed by atoms with van der Waals surface area (Å²) in [7, 11) is 0. The van der Waals surface area contributed by atoms with E-state index in [1.54, 1.807) is 0 Å². The second kappa shape index (κ2) is 8.93. The van der Waals surface area contributed by atoms with E-state index in [1.807, 2.05) is 60.7 Å². The minimum atomic E-state index is 0.853. The van der Waals surface area contributed by atoms with Crippen molar-refractivity contribution >= 4 is 0 Å². The Balaban J connectivity index is 0.000000258. The fourth-order valence-corrected chi connectivity index (χ4v) is 2.18. The Bertz CT molecular complexity index is 825. The van der Waals surface area contributed by atoms with Gasteiger partial charge in [-0.15, -0.1) is 0 Å². The van der Waals surface area contributed by atoms with Gasteiger partial charge >= 0.3 is 0 Å². The summed E-state index contributed by atoms with van der Waals surface area (Å²) in [6.07, 6.45) is 4.31. The molecule has 0 saturated heterocycles. The van der Waals surface area contributed by atoms with E-state index in [1.165, 1.54) is 30.1 Å². The molecule has 1 aromatic heterocycles. The number of hydrogen-bond acceptors (Lipinski definition) is 4. The van der Waals surface area contributed by atoms with Crippen LogP contribution in [-0.2, 0) is 0 Å². The SMILES string of the molecule is c1ccc(Oc2ccc(-c3ccccc3)cc2)cc1.c1ncncn1. The van der Waals surface area contributed by atoms with E-state index in [2.05, 4.69) is 39.2 Å². The van der Waals surface area contributed by atoms with Crippen molar-refractivity contribution in [3.63, 3.8) is 0 Å². The molecule has 4 rings (SSSR count). The van der Waals surface area contributed by atoms with Crippen molar-refractivity contribution in [1.29, 1.82) is 0 Å². The highest BCUT2D eigenvalue weighted by Crippen LogP contribution is 2.25. The number of rotatable bonds is 3. The van der Waals surface area contributed by atoms with E-state index in [9.17, 15) is 0 Å². The third-order valence-corrected chi connectivity index (χ3v) is 3.34. The first-order valence-electron chi connectivity index (χ1n) is 7.85. The Morgan fingerprint density at radius 2 is 0.880 bits per heavy atom. The first-order valence-corrected chi connectivity index (χ1v) is 7.85. The van der Waals surface area contributed by atoms with Gasteiger partial charge in [0.2, 0.25) is 0 Å². The zero-order valence-electron chi connectivity index (χ0n) is 13.6. The van der Waals surface area contributed by atoms with Crippen LogP contribution < -0.4 is 4.74 Å². The summed E-state index contributed by atoms with van der Waals surface area (Å²) in [5.74, 6) is 1.71. The minimum Gasteiger partial charge on any atom is -0.457 e. The van der Waals surface area contributed by atoms with Crippen LogP contribution in [0.5, 0.6) is 11.5 Å². The predicted octanol–water partition coefficient (Wildman–Crippen LogP) is 5.02. The van der Waals surface area contributed by atoms with Crippen LogP contribution in [0.3, 0.4) is 0 Å². The topological polar surface area (TPSA) is 47.9 Å². The molecule has 0 aliphatic carbocycles. The second-order valence-corrected chi connectivity index (χ2v) is 5.10. The molecule has 25 heavy (non-hydrogen) atoms. The van der Waals surface area contributed by atoms with E-state index in [-0.39, 0.29) is 0 Å². The quantitative estimate of drug-likeness (QED) is 0.530. The van der Waals surface area contributed by atoms with Gasteiger partial charge in [-0.3, -0.25) is 0 Å². The Morgan fingerprint density at radius 1 is 0.440 bits per heavy atom. The van der Waals surface area contributed by atoms with E-state index in [4.69, 9.17) is 4.74 Å². The summed E-state index contributed by atoms with van der Waals surface area (Å²) in [5.41, 5.74) is 2.41. The molecule has 0 fully saturated rings. The number of ether oxygens (including phenoxy) is 1. The number of para-hydroxylation sites is 1. The molecule has 0 unspecified atom stereocenters. The molecule has 122 valence electrons. The average molecular weight is 327 g/mol. The Hall–Kier alpha value is -3.53. The van der Waals surface area contributed by atoms with Crippen molar-refractivity contribution in [2.45, 2.75) is 0 Å². The first kappa shape index (κ1) is 16.3. The smallest absolute Gasteiger partial charge is 0.127 e. The fourth-order valence-electron chi connectivity index (χ4n) is 2.18. The molecule has 0 spiro atoms. The van der Waals surface area contributed by atoms with Gasteiger partial charge in [0.15, 0.2) is 0 Å². The van der Waals surface area contributed by atoms with Gasteiger partial charge in [0.25, 0.3) is 0 Å². The van der Waals surface area contributed by atoms with Crippen LogP contribution in [0.4, 0.5) is 0 Å². The molecule has 3 aromatic carbocycles. The summed E-state index contributed by atoms with van der Waals surface area (Å²) in [5, 5.41) is 0. The molecule has 0 radical (unpaired) electrons. The molecule has 4 aromatic rings. The second-order valence-electron chi connectivity index (χ2n) is 5.10. The summed E-state index contributed by atoms with van der Waals surface area (Å²) in [4.78, 5) is 10.7. The zero-order valence-corrected chi connectivity index (χ0v) is 13.6. The van der Waals surface area contributed by atoms with E-state index in [0.29, 0.717) is 0 Å². The molecule has 0 amide bonds. The standard InChI is InChI=1S/C18H14O.C3H3N3/c1-3-7-15(8-4-1)16-11-13-18(14-12-16)19-17-9-5-2-6-10-17;1-4-2-6-3-5-1/h1-14H;1-3H. The largest absolute Gasteiger partial charge is 0.457 e. The molecule has 1 heterocycles. The monoisotopic (exact) mass is 327 g/mol. The maximum Gasteiger partial charge on any atom is 0.127 e. The third kappa shape index (κ3) is 5.25. The highest BCUT2D eigenvalue weighted by Gasteiger charge is 1.99. The lowest BCUT2D eigenvalue weighted by Gasteiger charge is -2.06. The number of aromatic nitrogens is 3. The number of hydrogen-bond donors (Lipinski definition) is 0. The van der Waals surface area contributed by atoms with Crippen molar-refractivity contribution in [3.8, 4) is 22.6 Å². The van der Waals surface area contributed by atoms with Crippen molar-refractivity contribution in [1.82, 2.24) is 15.0 Å². The molecule has 4 nitrogen and oxygen atoms in total. The molecule has 0 aliphatic heterocycles. The number of nitrogens with zero attached hydrogens (tertiary/aromatic N) is 3. The lowest BCUT2D eigenvalue weighted by molar-refractivity contribution is 0.483. The first-order chi connectivity index (χ1) is 12.4. The van der Waals surface area contributed by atoms with Crippen molar-refractivity contribution < 1.29 is 4.74 Å². The van der Waals surface area contributed by atoms with Gasteiger partial charge in [0.05, 0.1) is 0 Å². The Kier molecular flexibility index (Phi) is 5.84. The van der Waals surface area contributed by atoms with E-state index >= 15 is 0 Å². The molecule has 4 heteroatoms. The van der Waals surface area contributed by atoms with Gasteiger partial charge in [-0.2, -0.15) is 0 Å². The maximum atomic E-state index is 5.77. The van der Waals surface area contributed by atoms with Gasteiger partial charge < -0.3 is 4.74 Å². The average Bonchev–Trinajstić information content (AvgIpc) is 2.72. The molecule has 0 aliphatic rings. The predicted molar refractivity (Wildman–Crippen MR) is 98.2 cm³/mol. The highest BCUT2D eigenvalue weighted by atomic mass is 16.5. The van der Waals surface area contributed by atoms with Gasteiger partial charge in [0, 0.05) is 0 Å². The van der Waals surface area contributed by atoms with E-state index < -0.39 is 0 Å². The third-order valence-electron chi connectivity index (χ3n) is 3.34. The van der Waals surface area contributed by atoms with E-state index in [0.717, 1.165) is 11.5 Å². The number of benzene rings is 3. The lowest BCUT2D eigenvalue weighted by Crippen LogP contribution is -1.83. The molecular formula is C21H17N3O. The van der Waals surface area contributed by atoms with Crippen molar-refractivity contribution in [3.05, 3.63) is 104 Å². The zero-order chi connectivity index (χ0) is 17.2. The minimum absolute atomic E-state index is 0.853. The highest BCUT2D eigenvalue weighted by molar-refractivity contribution is 5.64. The summed E-state index contributed by atoms with van der Waals surface area (Å²) in [6.45, 7) is 0. The van der Waals surface area contributed by atoms with Gasteiger partial charge in [0.1, 0.15) is 30.5 Å². The molecule has 0 bridgehead atoms. The molecular weight excluding hydrogens is 310 g/mol. The van der Waals surface area contributed by atoms with Crippen LogP contribution in [0.1, 0.15) is 0 Å². The molecule has 0 saturated carbocycles. The van der Waals surface area contributed by atoms with Gasteiger partial charge in [-0.05, 0) is 35.4 Å². The Morgan fingerprint density at radius 3 is 1.40 bits per heavy atom. The maximum absolute atomic E-state index is 5.77. The van der Waals surface area contributed by atoms with Crippen LogP contribution >= 0.6 is 0 Å². The van der Waals surface area contributed by atoms with Crippen LogP contribution in [0.15, 0.2) is 104 Å². The van der Waals surface area contributed by atoms with Crippen LogP contribution in [0.25, 0.3) is 11.1 Å². The van der Waals surface area contributed by atoms with Gasteiger partial charge in [-0.25, -0.2) is 15.0 Å². The van der Waals surface area contributed by atoms with Crippen molar-refractivity contribution in [2.24, 2.45) is 0 Å². The molecule has 0 atom stereocenters. The Labute approximate surface area is 146 Å². The fraction of sp³-hybridized carbons (Fsp3) is 0. The van der Waals surface area contributed by atoms with Gasteiger partial charge in [-0.1, -0.05) is 60.7 Å². The summed E-state index contributed by atoms with van der Waals surface area (Å²) >= 11 is 0. The molecule has 0 N–H and O–H groups in total. The normalized spacial score (nSPS) is 9.60. The van der Waals surface area contributed by atoms with Crippen LogP contribution in [0.2, 0.25) is 0 Å². The van der Waals surface area contributed by atoms with Crippen molar-refractivity contribution in [2.75, 3.05) is 0 Å². The summed E-state index contributed by atoms with van der Waals surface area (Å²) in [6, 6.07) is 28.3.